The maximum absolute atomic E-state index is 12.7. The van der Waals surface area contributed by atoms with Crippen molar-refractivity contribution >= 4 is 29.0 Å². The fourth-order valence-corrected chi connectivity index (χ4v) is 3.37. The summed E-state index contributed by atoms with van der Waals surface area (Å²) >= 11 is 0. The van der Waals surface area contributed by atoms with Crippen molar-refractivity contribution in [3.05, 3.63) is 36.3 Å². The summed E-state index contributed by atoms with van der Waals surface area (Å²) in [5, 5.41) is 17.2. The smallest absolute Gasteiger partial charge is 0.273 e. The van der Waals surface area contributed by atoms with Gasteiger partial charge in [-0.1, -0.05) is 6.07 Å². The van der Waals surface area contributed by atoms with E-state index in [0.717, 1.165) is 0 Å². The molecule has 2 amide bonds. The van der Waals surface area contributed by atoms with E-state index in [0.29, 0.717) is 42.2 Å². The van der Waals surface area contributed by atoms with Gasteiger partial charge >= 0.3 is 0 Å². The third-order valence-corrected chi connectivity index (χ3v) is 4.79. The number of aryl methyl sites for hydroxylation is 1. The SMILES string of the molecule is [2H]C([2H])([2H])NC(=O)c1nnc(N2CCCC2=O)cc1Nc1cccc(-c2ncn(C)n2)c1OC. The van der Waals surface area contributed by atoms with Crippen molar-refractivity contribution in [2.24, 2.45) is 7.05 Å². The number of carbonyl (C=O) groups excluding carboxylic acids is 2. The predicted molar refractivity (Wildman–Crippen MR) is 113 cm³/mol. The molecule has 2 aromatic heterocycles. The molecule has 1 saturated heterocycles. The number of methoxy groups -OCH3 is 1. The van der Waals surface area contributed by atoms with Crippen molar-refractivity contribution < 1.29 is 18.4 Å². The normalized spacial score (nSPS) is 15.2. The molecule has 0 radical (unpaired) electrons. The third-order valence-electron chi connectivity index (χ3n) is 4.79. The number of ether oxygens (including phenoxy) is 1. The number of nitrogens with one attached hydrogen (secondary N) is 2. The molecule has 1 aliphatic rings. The van der Waals surface area contributed by atoms with Gasteiger partial charge in [0.1, 0.15) is 6.33 Å². The molecule has 31 heavy (non-hydrogen) atoms. The van der Waals surface area contributed by atoms with Crippen LogP contribution in [-0.2, 0) is 11.8 Å². The Bertz CT molecular complexity index is 1240. The molecule has 0 aliphatic carbocycles. The minimum absolute atomic E-state index is 0.110. The minimum Gasteiger partial charge on any atom is -0.494 e. The lowest BCUT2D eigenvalue weighted by molar-refractivity contribution is -0.117. The van der Waals surface area contributed by atoms with E-state index in [9.17, 15) is 9.59 Å². The fraction of sp³-hybridized carbons (Fsp3) is 0.300. The standard InChI is InChI=1S/C20H22N8O3/c1-21-20(30)17-14(10-15(24-25-17)28-9-5-8-16(28)29)23-13-7-4-6-12(18(13)31-3)19-22-11-27(2)26-19/h4,6-7,10-11H,5,8-9H2,1-3H3,(H,21,30)(H,23,24)/i1D3. The van der Waals surface area contributed by atoms with Crippen molar-refractivity contribution in [2.75, 3.05) is 30.8 Å². The lowest BCUT2D eigenvalue weighted by atomic mass is 10.1. The highest BCUT2D eigenvalue weighted by Crippen LogP contribution is 2.37. The largest absolute Gasteiger partial charge is 0.494 e. The van der Waals surface area contributed by atoms with Gasteiger partial charge in [0.2, 0.25) is 5.91 Å². The van der Waals surface area contributed by atoms with Gasteiger partial charge in [0.15, 0.2) is 23.1 Å². The summed E-state index contributed by atoms with van der Waals surface area (Å²) in [7, 11) is 3.22. The summed E-state index contributed by atoms with van der Waals surface area (Å²) in [4.78, 5) is 30.6. The van der Waals surface area contributed by atoms with Crippen LogP contribution in [0, 0.1) is 0 Å². The Kier molecular flexibility index (Phi) is 4.53. The van der Waals surface area contributed by atoms with Gasteiger partial charge in [0.25, 0.3) is 5.91 Å². The van der Waals surface area contributed by atoms with Crippen LogP contribution in [0.1, 0.15) is 27.4 Å². The van der Waals surface area contributed by atoms with Gasteiger partial charge in [0.05, 0.1) is 24.0 Å². The first kappa shape index (κ1) is 16.7. The summed E-state index contributed by atoms with van der Waals surface area (Å²) in [6.45, 7) is -2.25. The lowest BCUT2D eigenvalue weighted by Gasteiger charge is -2.18. The van der Waals surface area contributed by atoms with Crippen LogP contribution in [0.15, 0.2) is 30.6 Å². The summed E-state index contributed by atoms with van der Waals surface area (Å²) in [5.41, 5.74) is 0.937. The Morgan fingerprint density at radius 1 is 1.29 bits per heavy atom. The van der Waals surface area contributed by atoms with Crippen molar-refractivity contribution in [3.63, 3.8) is 0 Å². The summed E-state index contributed by atoms with van der Waals surface area (Å²) in [6, 6.07) is 6.71. The highest BCUT2D eigenvalue weighted by Gasteiger charge is 2.25. The maximum atomic E-state index is 12.7. The van der Waals surface area contributed by atoms with Crippen LogP contribution in [0.5, 0.6) is 5.75 Å². The number of nitrogens with zero attached hydrogens (tertiary/aromatic N) is 6. The molecule has 3 heterocycles. The number of hydrogen-bond donors (Lipinski definition) is 2. The molecule has 0 spiro atoms. The monoisotopic (exact) mass is 425 g/mol. The van der Waals surface area contributed by atoms with Crippen LogP contribution in [-0.4, -0.2) is 57.4 Å². The Morgan fingerprint density at radius 2 is 2.16 bits per heavy atom. The second-order valence-electron chi connectivity index (χ2n) is 6.82. The van der Waals surface area contributed by atoms with Crippen molar-refractivity contribution in [1.29, 1.82) is 0 Å². The van der Waals surface area contributed by atoms with Gasteiger partial charge in [-0.05, 0) is 18.6 Å². The average molecular weight is 425 g/mol. The average Bonchev–Trinajstić information content (AvgIpc) is 3.40. The molecule has 3 aromatic rings. The first-order valence-corrected chi connectivity index (χ1v) is 9.47. The van der Waals surface area contributed by atoms with Crippen molar-refractivity contribution in [1.82, 2.24) is 30.3 Å². The molecular weight excluding hydrogens is 400 g/mol. The molecule has 1 aromatic carbocycles. The summed E-state index contributed by atoms with van der Waals surface area (Å²) < 4.78 is 29.2. The first-order valence-electron chi connectivity index (χ1n) is 11.0. The number of benzene rings is 1. The first-order chi connectivity index (χ1) is 16.2. The van der Waals surface area contributed by atoms with Gasteiger partial charge in [-0.15, -0.1) is 10.2 Å². The van der Waals surface area contributed by atoms with Crippen LogP contribution in [0.2, 0.25) is 0 Å². The van der Waals surface area contributed by atoms with Gasteiger partial charge in [0, 0.05) is 37.2 Å². The fourth-order valence-electron chi connectivity index (χ4n) is 3.37. The summed E-state index contributed by atoms with van der Waals surface area (Å²) in [6.07, 6.45) is 2.62. The van der Waals surface area contributed by atoms with E-state index in [2.05, 4.69) is 25.6 Å². The number of aromatic nitrogens is 5. The zero-order valence-corrected chi connectivity index (χ0v) is 16.9. The quantitative estimate of drug-likeness (QED) is 0.608. The van der Waals surface area contributed by atoms with Crippen LogP contribution in [0.4, 0.5) is 17.2 Å². The highest BCUT2D eigenvalue weighted by molar-refractivity contribution is 6.00. The van der Waals surface area contributed by atoms with Crippen LogP contribution < -0.4 is 20.3 Å². The molecule has 11 heteroatoms. The number of rotatable bonds is 6. The number of carbonyl (C=O) groups is 2. The van der Waals surface area contributed by atoms with Crippen LogP contribution in [0.25, 0.3) is 11.4 Å². The van der Waals surface area contributed by atoms with Gasteiger partial charge < -0.3 is 15.4 Å². The molecule has 11 nitrogen and oxygen atoms in total. The molecule has 4 rings (SSSR count). The molecule has 160 valence electrons. The van der Waals surface area contributed by atoms with E-state index >= 15 is 0 Å². The number of hydrogen-bond acceptors (Lipinski definition) is 8. The minimum atomic E-state index is -2.72. The number of anilines is 3. The Labute approximate surface area is 182 Å². The number of para-hydroxylation sites is 1. The molecule has 1 aliphatic heterocycles. The summed E-state index contributed by atoms with van der Waals surface area (Å²) in [5.74, 6) is 0.0135. The van der Waals surface area contributed by atoms with Crippen molar-refractivity contribution in [2.45, 2.75) is 12.8 Å². The van der Waals surface area contributed by atoms with Gasteiger partial charge in [-0.2, -0.15) is 5.10 Å². The van der Waals surface area contributed by atoms with Crippen LogP contribution in [0.3, 0.4) is 0 Å². The molecule has 0 atom stereocenters. The third kappa shape index (κ3) is 3.89. The molecule has 1 fully saturated rings. The predicted octanol–water partition coefficient (Wildman–Crippen LogP) is 1.51. The van der Waals surface area contributed by atoms with Crippen molar-refractivity contribution in [3.8, 4) is 17.1 Å². The second-order valence-corrected chi connectivity index (χ2v) is 6.82. The van der Waals surface area contributed by atoms with E-state index < -0.39 is 12.9 Å². The van der Waals surface area contributed by atoms with E-state index in [1.165, 1.54) is 18.1 Å². The number of amides is 2. The molecule has 2 N–H and O–H groups in total. The van der Waals surface area contributed by atoms with E-state index in [1.54, 1.807) is 36.3 Å². The second kappa shape index (κ2) is 8.38. The van der Waals surface area contributed by atoms with Gasteiger partial charge in [-0.25, -0.2) is 4.98 Å². The topological polar surface area (TPSA) is 127 Å². The zero-order chi connectivity index (χ0) is 24.5. The lowest BCUT2D eigenvalue weighted by Crippen LogP contribution is -2.27. The Balaban J connectivity index is 1.77. The zero-order valence-electron chi connectivity index (χ0n) is 19.9. The highest BCUT2D eigenvalue weighted by atomic mass is 16.5. The Morgan fingerprint density at radius 3 is 2.84 bits per heavy atom. The van der Waals surface area contributed by atoms with Gasteiger partial charge in [-0.3, -0.25) is 19.2 Å². The Hall–Kier alpha value is -4.02. The molecule has 0 saturated carbocycles. The van der Waals surface area contributed by atoms with E-state index in [-0.39, 0.29) is 23.1 Å². The van der Waals surface area contributed by atoms with E-state index in [1.807, 2.05) is 5.32 Å². The molecule has 0 bridgehead atoms. The molecular formula is C20H22N8O3. The maximum Gasteiger partial charge on any atom is 0.273 e. The van der Waals surface area contributed by atoms with E-state index in [4.69, 9.17) is 8.85 Å². The van der Waals surface area contributed by atoms with Crippen LogP contribution >= 0.6 is 0 Å². The molecule has 0 unspecified atom stereocenters.